The first kappa shape index (κ1) is 16.3. The molecule has 0 fully saturated rings. The molecule has 0 unspecified atom stereocenters. The van der Waals surface area contributed by atoms with Crippen molar-refractivity contribution < 1.29 is 14.2 Å². The molecule has 3 aromatic rings. The molecule has 11 heteroatoms. The van der Waals surface area contributed by atoms with E-state index < -0.39 is 5.91 Å². The summed E-state index contributed by atoms with van der Waals surface area (Å²) in [6.07, 6.45) is 1.51. The van der Waals surface area contributed by atoms with Crippen molar-refractivity contribution in [2.75, 3.05) is 12.8 Å². The first-order valence-corrected chi connectivity index (χ1v) is 7.11. The standard InChI is InChI=1S/C14H14N8O3/c1-24-8-10-11(17-21-22(10)13-12(15)19-25-20-13)14(23)18-16-7-9-5-3-2-4-6-9/h2-7H,8H2,1H3,(H2,15,19)(H,18,23). The first-order chi connectivity index (χ1) is 12.2. The van der Waals surface area contributed by atoms with Crippen molar-refractivity contribution in [1.82, 2.24) is 30.7 Å². The Balaban J connectivity index is 1.82. The third kappa shape index (κ3) is 3.50. The fourth-order valence-electron chi connectivity index (χ4n) is 2.01. The van der Waals surface area contributed by atoms with Crippen molar-refractivity contribution in [3.8, 4) is 5.82 Å². The molecule has 3 N–H and O–H groups in total. The fraction of sp³-hybridized carbons (Fsp3) is 0.143. The van der Waals surface area contributed by atoms with Gasteiger partial charge in [0.15, 0.2) is 5.69 Å². The maximum atomic E-state index is 12.3. The summed E-state index contributed by atoms with van der Waals surface area (Å²) in [5.74, 6) is -0.428. The van der Waals surface area contributed by atoms with Gasteiger partial charge >= 0.3 is 0 Å². The quantitative estimate of drug-likeness (QED) is 0.475. The molecule has 0 radical (unpaired) electrons. The lowest BCUT2D eigenvalue weighted by atomic mass is 10.2. The van der Waals surface area contributed by atoms with Crippen molar-refractivity contribution in [2.24, 2.45) is 5.10 Å². The Kier molecular flexibility index (Phi) is 4.76. The lowest BCUT2D eigenvalue weighted by molar-refractivity contribution is 0.0944. The van der Waals surface area contributed by atoms with Gasteiger partial charge in [0.2, 0.25) is 11.6 Å². The monoisotopic (exact) mass is 342 g/mol. The van der Waals surface area contributed by atoms with Crippen LogP contribution in [0, 0.1) is 0 Å². The summed E-state index contributed by atoms with van der Waals surface area (Å²) in [7, 11) is 1.47. The number of methoxy groups -OCH3 is 1. The van der Waals surface area contributed by atoms with E-state index in [0.717, 1.165) is 5.56 Å². The Morgan fingerprint density at radius 2 is 2.20 bits per heavy atom. The van der Waals surface area contributed by atoms with Crippen LogP contribution in [0.25, 0.3) is 5.82 Å². The molecule has 2 aromatic heterocycles. The maximum absolute atomic E-state index is 12.3. The average molecular weight is 342 g/mol. The normalized spacial score (nSPS) is 11.1. The van der Waals surface area contributed by atoms with Gasteiger partial charge in [-0.05, 0) is 15.9 Å². The predicted octanol–water partition coefficient (Wildman–Crippen LogP) is 0.143. The zero-order valence-corrected chi connectivity index (χ0v) is 13.2. The molecule has 1 aromatic carbocycles. The van der Waals surface area contributed by atoms with Crippen molar-refractivity contribution in [2.45, 2.75) is 6.61 Å². The SMILES string of the molecule is COCc1c(C(=O)NN=Cc2ccccc2)nnn1-c1nonc1N. The molecule has 3 rings (SSSR count). The summed E-state index contributed by atoms with van der Waals surface area (Å²) in [4.78, 5) is 12.3. The number of hydrogen-bond acceptors (Lipinski definition) is 9. The topological polar surface area (TPSA) is 146 Å². The molecule has 0 aliphatic carbocycles. The molecule has 0 aliphatic heterocycles. The minimum absolute atomic E-state index is 0.0105. The fourth-order valence-corrected chi connectivity index (χ4v) is 2.01. The van der Waals surface area contributed by atoms with E-state index >= 15 is 0 Å². The van der Waals surface area contributed by atoms with Crippen molar-refractivity contribution >= 4 is 17.9 Å². The number of hydrazone groups is 1. The smallest absolute Gasteiger partial charge is 0.293 e. The number of nitrogens with two attached hydrogens (primary N) is 1. The first-order valence-electron chi connectivity index (χ1n) is 7.11. The predicted molar refractivity (Wildman–Crippen MR) is 85.8 cm³/mol. The lowest BCUT2D eigenvalue weighted by Gasteiger charge is -2.03. The molecule has 0 bridgehead atoms. The van der Waals surface area contributed by atoms with Gasteiger partial charge in [0, 0.05) is 7.11 Å². The van der Waals surface area contributed by atoms with Gasteiger partial charge in [-0.25, -0.2) is 10.1 Å². The molecule has 2 heterocycles. The summed E-state index contributed by atoms with van der Waals surface area (Å²) in [6.45, 7) is 0.0461. The largest absolute Gasteiger partial charge is 0.378 e. The van der Waals surface area contributed by atoms with Crippen molar-refractivity contribution in [3.05, 3.63) is 47.3 Å². The Bertz CT molecular complexity index is 887. The molecule has 128 valence electrons. The Morgan fingerprint density at radius 1 is 1.40 bits per heavy atom. The van der Waals surface area contributed by atoms with E-state index in [0.29, 0.717) is 5.69 Å². The van der Waals surface area contributed by atoms with Gasteiger partial charge in [-0.2, -0.15) is 9.78 Å². The second-order valence-corrected chi connectivity index (χ2v) is 4.81. The third-order valence-electron chi connectivity index (χ3n) is 3.13. The van der Waals surface area contributed by atoms with Crippen LogP contribution in [-0.2, 0) is 11.3 Å². The van der Waals surface area contributed by atoms with E-state index in [2.05, 4.69) is 35.8 Å². The molecule has 0 saturated carbocycles. The van der Waals surface area contributed by atoms with Crippen molar-refractivity contribution in [3.63, 3.8) is 0 Å². The second-order valence-electron chi connectivity index (χ2n) is 4.81. The molecule has 0 saturated heterocycles. The molecular formula is C14H14N8O3. The van der Waals surface area contributed by atoms with Gasteiger partial charge in [0.25, 0.3) is 5.91 Å². The van der Waals surface area contributed by atoms with Gasteiger partial charge in [-0.3, -0.25) is 4.79 Å². The Morgan fingerprint density at radius 3 is 2.88 bits per heavy atom. The number of carbonyl (C=O) groups is 1. The van der Waals surface area contributed by atoms with Gasteiger partial charge in [-0.15, -0.1) is 5.10 Å². The van der Waals surface area contributed by atoms with Crippen LogP contribution >= 0.6 is 0 Å². The number of benzene rings is 1. The molecule has 25 heavy (non-hydrogen) atoms. The van der Waals surface area contributed by atoms with E-state index in [1.807, 2.05) is 30.3 Å². The number of anilines is 1. The zero-order chi connectivity index (χ0) is 17.6. The minimum atomic E-state index is -0.555. The van der Waals surface area contributed by atoms with E-state index in [1.54, 1.807) is 0 Å². The highest BCUT2D eigenvalue weighted by molar-refractivity contribution is 5.94. The summed E-state index contributed by atoms with van der Waals surface area (Å²) >= 11 is 0. The van der Waals surface area contributed by atoms with Gasteiger partial charge in [0.1, 0.15) is 5.69 Å². The highest BCUT2D eigenvalue weighted by Gasteiger charge is 2.23. The van der Waals surface area contributed by atoms with Crippen LogP contribution in [-0.4, -0.2) is 44.5 Å². The lowest BCUT2D eigenvalue weighted by Crippen LogP contribution is -2.20. The highest BCUT2D eigenvalue weighted by Crippen LogP contribution is 2.16. The average Bonchev–Trinajstić information content (AvgIpc) is 3.22. The summed E-state index contributed by atoms with van der Waals surface area (Å²) in [6, 6.07) is 9.31. The van der Waals surface area contributed by atoms with Gasteiger partial charge in [-0.1, -0.05) is 35.5 Å². The van der Waals surface area contributed by atoms with Crippen LogP contribution in [0.4, 0.5) is 5.82 Å². The summed E-state index contributed by atoms with van der Waals surface area (Å²) in [5.41, 5.74) is 9.23. The number of ether oxygens (including phenoxy) is 1. The molecule has 11 nitrogen and oxygen atoms in total. The van der Waals surface area contributed by atoms with Gasteiger partial charge in [0.05, 0.1) is 12.8 Å². The van der Waals surface area contributed by atoms with Crippen LogP contribution in [0.2, 0.25) is 0 Å². The van der Waals surface area contributed by atoms with Crippen LogP contribution < -0.4 is 11.2 Å². The molecule has 1 amide bonds. The minimum Gasteiger partial charge on any atom is -0.378 e. The van der Waals surface area contributed by atoms with Crippen LogP contribution in [0.5, 0.6) is 0 Å². The number of aromatic nitrogens is 5. The number of carbonyl (C=O) groups excluding carboxylic acids is 1. The maximum Gasteiger partial charge on any atom is 0.293 e. The van der Waals surface area contributed by atoms with Crippen LogP contribution in [0.3, 0.4) is 0 Å². The van der Waals surface area contributed by atoms with Crippen LogP contribution in [0.1, 0.15) is 21.7 Å². The van der Waals surface area contributed by atoms with E-state index in [1.165, 1.54) is 18.0 Å². The van der Waals surface area contributed by atoms with Gasteiger partial charge < -0.3 is 10.5 Å². The van der Waals surface area contributed by atoms with E-state index in [-0.39, 0.29) is 23.9 Å². The summed E-state index contributed by atoms with van der Waals surface area (Å²) < 4.78 is 10.9. The molecule has 0 atom stereocenters. The second kappa shape index (κ2) is 7.31. The van der Waals surface area contributed by atoms with E-state index in [4.69, 9.17) is 10.5 Å². The highest BCUT2D eigenvalue weighted by atomic mass is 16.6. The number of nitrogens with zero attached hydrogens (tertiary/aromatic N) is 6. The Labute approximate surface area is 141 Å². The number of amides is 1. The number of hydrogen-bond donors (Lipinski definition) is 2. The number of rotatable bonds is 6. The Hall–Kier alpha value is -3.60. The zero-order valence-electron chi connectivity index (χ0n) is 13.2. The molecular weight excluding hydrogens is 328 g/mol. The summed E-state index contributed by atoms with van der Waals surface area (Å²) in [5, 5.41) is 18.7. The number of nitrogen functional groups attached to an aromatic ring is 1. The molecule has 0 aliphatic rings. The van der Waals surface area contributed by atoms with Crippen LogP contribution in [0.15, 0.2) is 40.1 Å². The number of nitrogens with one attached hydrogen (secondary N) is 1. The third-order valence-corrected chi connectivity index (χ3v) is 3.13. The molecule has 0 spiro atoms. The van der Waals surface area contributed by atoms with Crippen molar-refractivity contribution in [1.29, 1.82) is 0 Å². The van der Waals surface area contributed by atoms with E-state index in [9.17, 15) is 4.79 Å².